The van der Waals surface area contributed by atoms with Gasteiger partial charge in [-0.05, 0) is 53.4 Å². The van der Waals surface area contributed by atoms with Gasteiger partial charge in [0.2, 0.25) is 0 Å². The smallest absolute Gasteiger partial charge is 0.416 e. The molecule has 1 heterocycles. The normalized spacial score (nSPS) is 16.3. The average molecular weight is 619 g/mol. The number of methoxy groups -OCH3 is 1. The van der Waals surface area contributed by atoms with E-state index in [9.17, 15) is 27.9 Å². The lowest BCUT2D eigenvalue weighted by Gasteiger charge is -2.24. The first-order valence-corrected chi connectivity index (χ1v) is 14.0. The first kappa shape index (κ1) is 34.4. The molecule has 2 atom stereocenters. The number of rotatable bonds is 9. The largest absolute Gasteiger partial charge is 0.496 e. The highest BCUT2D eigenvalue weighted by Crippen LogP contribution is 2.38. The van der Waals surface area contributed by atoms with E-state index in [1.807, 2.05) is 30.3 Å². The van der Waals surface area contributed by atoms with Crippen molar-refractivity contribution in [3.05, 3.63) is 89.0 Å². The van der Waals surface area contributed by atoms with Gasteiger partial charge in [-0.1, -0.05) is 42.5 Å². The summed E-state index contributed by atoms with van der Waals surface area (Å²) in [7, 11) is 1.43. The van der Waals surface area contributed by atoms with Crippen molar-refractivity contribution in [1.29, 1.82) is 0 Å². The van der Waals surface area contributed by atoms with Crippen molar-refractivity contribution in [2.24, 2.45) is 0 Å². The maximum atomic E-state index is 13.6. The third-order valence-electron chi connectivity index (χ3n) is 6.82. The Balaban J connectivity index is 0.000000572. The molecule has 1 aliphatic heterocycles. The van der Waals surface area contributed by atoms with E-state index in [2.05, 4.69) is 5.32 Å². The number of aliphatic carboxylic acids is 1. The van der Waals surface area contributed by atoms with Crippen LogP contribution in [0.5, 0.6) is 5.75 Å². The molecule has 1 aliphatic rings. The quantitative estimate of drug-likeness (QED) is 0.270. The van der Waals surface area contributed by atoms with Crippen LogP contribution in [0.25, 0.3) is 11.1 Å². The lowest BCUT2D eigenvalue weighted by atomic mass is 9.94. The second-order valence-electron chi connectivity index (χ2n) is 10.2. The fourth-order valence-electron chi connectivity index (χ4n) is 4.62. The molecule has 4 rings (SSSR count). The maximum Gasteiger partial charge on any atom is 0.416 e. The predicted molar refractivity (Wildman–Crippen MR) is 157 cm³/mol. The molecular weight excluding hydrogens is 581 g/mol. The number of carbonyl (C=O) groups is 2. The van der Waals surface area contributed by atoms with E-state index in [0.717, 1.165) is 17.7 Å². The molecule has 1 fully saturated rings. The van der Waals surface area contributed by atoms with E-state index >= 15 is 0 Å². The van der Waals surface area contributed by atoms with Gasteiger partial charge in [0, 0.05) is 31.6 Å². The van der Waals surface area contributed by atoms with E-state index < -0.39 is 35.9 Å². The van der Waals surface area contributed by atoms with E-state index in [0.29, 0.717) is 42.1 Å². The van der Waals surface area contributed by atoms with Crippen molar-refractivity contribution in [2.45, 2.75) is 51.2 Å². The topological polar surface area (TPSA) is 129 Å². The molecule has 0 aliphatic carbocycles. The molecule has 3 aromatic carbocycles. The number of amides is 2. The van der Waals surface area contributed by atoms with E-state index in [1.165, 1.54) is 18.1 Å². The van der Waals surface area contributed by atoms with Gasteiger partial charge in [-0.2, -0.15) is 13.2 Å². The third kappa shape index (κ3) is 10.2. The van der Waals surface area contributed by atoms with Crippen LogP contribution in [0.15, 0.2) is 66.7 Å². The van der Waals surface area contributed by atoms with Crippen molar-refractivity contribution in [2.75, 3.05) is 26.9 Å². The maximum absolute atomic E-state index is 13.6. The Labute approximate surface area is 253 Å². The highest BCUT2D eigenvalue weighted by atomic mass is 19.4. The molecule has 2 unspecified atom stereocenters. The van der Waals surface area contributed by atoms with Crippen molar-refractivity contribution >= 4 is 12.0 Å². The molecular formula is C32H37F3N2O7. The number of nitrogens with one attached hydrogen (secondary N) is 1. The van der Waals surface area contributed by atoms with E-state index in [1.54, 1.807) is 25.1 Å². The zero-order valence-electron chi connectivity index (χ0n) is 24.5. The average Bonchev–Trinajstić information content (AvgIpc) is 2.98. The van der Waals surface area contributed by atoms with Crippen LogP contribution in [0.2, 0.25) is 0 Å². The second kappa shape index (κ2) is 16.1. The summed E-state index contributed by atoms with van der Waals surface area (Å²) in [5, 5.41) is 29.6. The third-order valence-corrected chi connectivity index (χ3v) is 6.82. The monoisotopic (exact) mass is 618 g/mol. The van der Waals surface area contributed by atoms with Gasteiger partial charge in [0.1, 0.15) is 5.75 Å². The fourth-order valence-corrected chi connectivity index (χ4v) is 4.62. The summed E-state index contributed by atoms with van der Waals surface area (Å²) in [5.41, 5.74) is 1.64. The van der Waals surface area contributed by atoms with Gasteiger partial charge in [0.15, 0.2) is 0 Å². The van der Waals surface area contributed by atoms with E-state index in [-0.39, 0.29) is 31.6 Å². The van der Waals surface area contributed by atoms with E-state index in [4.69, 9.17) is 19.7 Å². The zero-order valence-corrected chi connectivity index (χ0v) is 24.5. The first-order chi connectivity index (χ1) is 20.9. The molecule has 238 valence electrons. The Hall–Kier alpha value is -4.13. The van der Waals surface area contributed by atoms with Gasteiger partial charge in [0.25, 0.3) is 0 Å². The molecule has 2 amide bonds. The number of benzene rings is 3. The first-order valence-electron chi connectivity index (χ1n) is 14.0. The van der Waals surface area contributed by atoms with Crippen molar-refractivity contribution in [3.8, 4) is 16.9 Å². The zero-order chi connectivity index (χ0) is 32.3. The number of nitrogens with zero attached hydrogens (tertiary/aromatic N) is 1. The number of aliphatic hydroxyl groups is 2. The number of carboxylic acids is 1. The molecule has 0 aromatic heterocycles. The van der Waals surface area contributed by atoms with Gasteiger partial charge < -0.3 is 35.0 Å². The molecule has 0 bridgehead atoms. The van der Waals surface area contributed by atoms with Crippen LogP contribution in [-0.4, -0.2) is 71.3 Å². The molecule has 0 saturated carbocycles. The number of urea groups is 1. The standard InChI is InChI=1S/C27H27F3N2O4.C5H10O3/c1-3-32(26(35)31-16-18-7-5-4-6-8-18)17-20-15-21(27(28,29)30)10-11-22(20)23-13-19(14-25(33)34)9-12-24(23)36-2;6-4-1-5(7)3-8-2-4/h4-13,15H,3,14,16-17H2,1-2H3,(H,31,35)(H,33,34);4-7H,1-3H2. The van der Waals surface area contributed by atoms with Crippen LogP contribution < -0.4 is 10.1 Å². The highest BCUT2D eigenvalue weighted by Gasteiger charge is 2.31. The molecule has 9 nitrogen and oxygen atoms in total. The Morgan fingerprint density at radius 3 is 2.20 bits per heavy atom. The summed E-state index contributed by atoms with van der Waals surface area (Å²) >= 11 is 0. The number of hydrogen-bond acceptors (Lipinski definition) is 6. The van der Waals surface area contributed by atoms with Gasteiger partial charge in [-0.3, -0.25) is 4.79 Å². The summed E-state index contributed by atoms with van der Waals surface area (Å²) in [6.07, 6.45) is -5.29. The molecule has 1 saturated heterocycles. The summed E-state index contributed by atoms with van der Waals surface area (Å²) in [5.74, 6) is -0.660. The van der Waals surface area contributed by atoms with Gasteiger partial charge >= 0.3 is 18.2 Å². The van der Waals surface area contributed by atoms with Crippen molar-refractivity contribution < 1.29 is 47.6 Å². The van der Waals surface area contributed by atoms with Crippen LogP contribution in [-0.2, 0) is 35.2 Å². The van der Waals surface area contributed by atoms with Crippen LogP contribution in [0.3, 0.4) is 0 Å². The number of aliphatic hydroxyl groups excluding tert-OH is 2. The minimum atomic E-state index is -4.57. The fraction of sp³-hybridized carbons (Fsp3) is 0.375. The Bertz CT molecular complexity index is 1380. The van der Waals surface area contributed by atoms with Crippen molar-refractivity contribution in [1.82, 2.24) is 10.2 Å². The van der Waals surface area contributed by atoms with Gasteiger partial charge in [-0.15, -0.1) is 0 Å². The Morgan fingerprint density at radius 1 is 0.977 bits per heavy atom. The Morgan fingerprint density at radius 2 is 1.66 bits per heavy atom. The second-order valence-corrected chi connectivity index (χ2v) is 10.2. The number of ether oxygens (including phenoxy) is 2. The lowest BCUT2D eigenvalue weighted by molar-refractivity contribution is -0.138. The van der Waals surface area contributed by atoms with Gasteiger partial charge in [-0.25, -0.2) is 4.79 Å². The van der Waals surface area contributed by atoms with Crippen LogP contribution >= 0.6 is 0 Å². The molecule has 0 radical (unpaired) electrons. The molecule has 44 heavy (non-hydrogen) atoms. The summed E-state index contributed by atoms with van der Waals surface area (Å²) < 4.78 is 50.9. The summed E-state index contributed by atoms with van der Waals surface area (Å²) in [6.45, 7) is 2.92. The summed E-state index contributed by atoms with van der Waals surface area (Å²) in [4.78, 5) is 25.5. The molecule has 12 heteroatoms. The number of hydrogen-bond donors (Lipinski definition) is 4. The number of carboxylic acid groups (broad SMARTS) is 1. The number of halogens is 3. The molecule has 3 aromatic rings. The lowest BCUT2D eigenvalue weighted by Crippen LogP contribution is -2.39. The van der Waals surface area contributed by atoms with Crippen molar-refractivity contribution in [3.63, 3.8) is 0 Å². The number of carbonyl (C=O) groups excluding carboxylic acids is 1. The minimum Gasteiger partial charge on any atom is -0.496 e. The minimum absolute atomic E-state index is 0.0946. The number of alkyl halides is 3. The van der Waals surface area contributed by atoms with Crippen LogP contribution in [0.1, 0.15) is 35.6 Å². The van der Waals surface area contributed by atoms with Gasteiger partial charge in [0.05, 0.1) is 44.5 Å². The Kier molecular flexibility index (Phi) is 12.6. The van der Waals surface area contributed by atoms with Crippen LogP contribution in [0.4, 0.5) is 18.0 Å². The molecule has 0 spiro atoms. The van der Waals surface area contributed by atoms with Crippen LogP contribution in [0, 0.1) is 0 Å². The predicted octanol–water partition coefficient (Wildman–Crippen LogP) is 4.87. The molecule has 4 N–H and O–H groups in total. The SMILES string of the molecule is CCN(Cc1cc(C(F)(F)F)ccc1-c1cc(CC(=O)O)ccc1OC)C(=O)NCc1ccccc1.OC1COCC(O)C1. The highest BCUT2D eigenvalue weighted by molar-refractivity contribution is 5.78. The summed E-state index contributed by atoms with van der Waals surface area (Å²) in [6, 6.07) is 16.9.